The van der Waals surface area contributed by atoms with Crippen molar-refractivity contribution in [3.8, 4) is 0 Å². The van der Waals surface area contributed by atoms with E-state index < -0.39 is 5.60 Å². The molecule has 1 aromatic carbocycles. The summed E-state index contributed by atoms with van der Waals surface area (Å²) in [6, 6.07) is 8.05. The van der Waals surface area contributed by atoms with Crippen molar-refractivity contribution in [2.24, 2.45) is 5.92 Å². The normalized spacial score (nSPS) is 23.2. The van der Waals surface area contributed by atoms with Crippen molar-refractivity contribution in [1.82, 2.24) is 9.80 Å². The van der Waals surface area contributed by atoms with Gasteiger partial charge in [-0.05, 0) is 69.7 Å². The van der Waals surface area contributed by atoms with Crippen LogP contribution in [-0.2, 0) is 5.60 Å². The van der Waals surface area contributed by atoms with Crippen LogP contribution in [0.15, 0.2) is 24.3 Å². The predicted molar refractivity (Wildman–Crippen MR) is 105 cm³/mol. The Morgan fingerprint density at radius 1 is 1.12 bits per heavy atom. The molecule has 144 valence electrons. The summed E-state index contributed by atoms with van der Waals surface area (Å²) in [6.45, 7) is 10.0. The van der Waals surface area contributed by atoms with Gasteiger partial charge in [0.25, 0.3) is 5.91 Å². The highest BCUT2D eigenvalue weighted by molar-refractivity contribution is 5.94. The molecular weight excluding hydrogens is 324 g/mol. The van der Waals surface area contributed by atoms with E-state index in [4.69, 9.17) is 0 Å². The topological polar surface area (TPSA) is 43.8 Å². The fourth-order valence-corrected chi connectivity index (χ4v) is 4.40. The Balaban J connectivity index is 1.55. The number of nitrogens with zero attached hydrogens (tertiary/aromatic N) is 2. The van der Waals surface area contributed by atoms with Crippen LogP contribution >= 0.6 is 0 Å². The van der Waals surface area contributed by atoms with Crippen molar-refractivity contribution in [2.45, 2.75) is 64.5 Å². The second-order valence-electron chi connectivity index (χ2n) is 8.57. The first-order valence-corrected chi connectivity index (χ1v) is 10.2. The number of rotatable bonds is 4. The van der Waals surface area contributed by atoms with Crippen LogP contribution in [0.3, 0.4) is 0 Å². The quantitative estimate of drug-likeness (QED) is 0.894. The molecule has 1 amide bonds. The molecule has 2 saturated heterocycles. The zero-order chi connectivity index (χ0) is 18.7. The fourth-order valence-electron chi connectivity index (χ4n) is 4.40. The van der Waals surface area contributed by atoms with Gasteiger partial charge in [0.05, 0.1) is 5.60 Å². The largest absolute Gasteiger partial charge is 0.386 e. The van der Waals surface area contributed by atoms with E-state index in [1.165, 1.54) is 32.4 Å². The van der Waals surface area contributed by atoms with E-state index in [1.54, 1.807) is 13.8 Å². The lowest BCUT2D eigenvalue weighted by molar-refractivity contribution is 0.0525. The first-order valence-electron chi connectivity index (χ1n) is 10.2. The maximum atomic E-state index is 12.8. The van der Waals surface area contributed by atoms with Crippen molar-refractivity contribution in [3.05, 3.63) is 35.4 Å². The Hall–Kier alpha value is -1.39. The summed E-state index contributed by atoms with van der Waals surface area (Å²) < 4.78 is 0. The smallest absolute Gasteiger partial charge is 0.253 e. The van der Waals surface area contributed by atoms with Crippen molar-refractivity contribution in [2.75, 3.05) is 26.2 Å². The maximum Gasteiger partial charge on any atom is 0.253 e. The van der Waals surface area contributed by atoms with Crippen molar-refractivity contribution in [3.63, 3.8) is 0 Å². The molecule has 26 heavy (non-hydrogen) atoms. The van der Waals surface area contributed by atoms with Crippen LogP contribution in [0.5, 0.6) is 0 Å². The minimum absolute atomic E-state index is 0.121. The van der Waals surface area contributed by atoms with Crippen LogP contribution in [0.2, 0.25) is 0 Å². The highest BCUT2D eigenvalue weighted by Gasteiger charge is 2.30. The summed E-state index contributed by atoms with van der Waals surface area (Å²) in [5.74, 6) is 0.980. The molecule has 0 aliphatic carbocycles. The van der Waals surface area contributed by atoms with E-state index in [0.29, 0.717) is 6.04 Å². The lowest BCUT2D eigenvalue weighted by Crippen LogP contribution is -2.49. The van der Waals surface area contributed by atoms with Gasteiger partial charge in [-0.25, -0.2) is 0 Å². The summed E-state index contributed by atoms with van der Waals surface area (Å²) in [5.41, 5.74) is 0.689. The van der Waals surface area contributed by atoms with Gasteiger partial charge in [0.2, 0.25) is 0 Å². The Morgan fingerprint density at radius 3 is 2.35 bits per heavy atom. The molecule has 0 bridgehead atoms. The molecule has 2 fully saturated rings. The van der Waals surface area contributed by atoms with Gasteiger partial charge in [0.1, 0.15) is 0 Å². The minimum Gasteiger partial charge on any atom is -0.386 e. The molecule has 0 spiro atoms. The minimum atomic E-state index is -0.870. The summed E-state index contributed by atoms with van der Waals surface area (Å²) in [6.07, 6.45) is 6.17. The molecule has 0 saturated carbocycles. The third kappa shape index (κ3) is 4.47. The number of aliphatic hydroxyl groups is 1. The number of amides is 1. The van der Waals surface area contributed by atoms with Crippen LogP contribution < -0.4 is 0 Å². The van der Waals surface area contributed by atoms with Gasteiger partial charge in [-0.3, -0.25) is 9.69 Å². The summed E-state index contributed by atoms with van der Waals surface area (Å²) in [4.78, 5) is 17.5. The zero-order valence-corrected chi connectivity index (χ0v) is 16.6. The Kier molecular flexibility index (Phi) is 6.03. The van der Waals surface area contributed by atoms with Gasteiger partial charge < -0.3 is 10.0 Å². The number of hydrogen-bond donors (Lipinski definition) is 1. The van der Waals surface area contributed by atoms with Crippen molar-refractivity contribution < 1.29 is 9.90 Å². The monoisotopic (exact) mass is 358 g/mol. The van der Waals surface area contributed by atoms with Crippen LogP contribution in [0.25, 0.3) is 0 Å². The van der Waals surface area contributed by atoms with E-state index in [9.17, 15) is 9.90 Å². The van der Waals surface area contributed by atoms with E-state index in [0.717, 1.165) is 43.0 Å². The second kappa shape index (κ2) is 8.10. The fraction of sp³-hybridized carbons (Fsp3) is 0.682. The number of benzene rings is 1. The number of carbonyl (C=O) groups excluding carboxylic acids is 1. The summed E-state index contributed by atoms with van der Waals surface area (Å²) in [5, 5.41) is 10.1. The number of likely N-dealkylation sites (tertiary alicyclic amines) is 2. The third-order valence-corrected chi connectivity index (χ3v) is 6.23. The standard InChI is InChI=1S/C22H34N2O2/c1-4-17-6-5-13-24(16-17)20-11-14-23(15-12-20)21(25)18-7-9-19(10-8-18)22(2,3)26/h7-10,17,20,26H,4-6,11-16H2,1-3H3/t17-/m0/s1. The van der Waals surface area contributed by atoms with Crippen LogP contribution in [0, 0.1) is 5.92 Å². The second-order valence-corrected chi connectivity index (χ2v) is 8.57. The van der Waals surface area contributed by atoms with Gasteiger partial charge in [-0.15, -0.1) is 0 Å². The number of piperidine rings is 2. The highest BCUT2D eigenvalue weighted by Crippen LogP contribution is 2.26. The Morgan fingerprint density at radius 2 is 1.77 bits per heavy atom. The zero-order valence-electron chi connectivity index (χ0n) is 16.6. The number of hydrogen-bond acceptors (Lipinski definition) is 3. The van der Waals surface area contributed by atoms with Gasteiger partial charge in [0, 0.05) is 31.2 Å². The van der Waals surface area contributed by atoms with Crippen molar-refractivity contribution in [1.29, 1.82) is 0 Å². The molecule has 1 atom stereocenters. The molecule has 2 heterocycles. The van der Waals surface area contributed by atoms with Crippen LogP contribution in [0.4, 0.5) is 0 Å². The van der Waals surface area contributed by atoms with E-state index >= 15 is 0 Å². The average molecular weight is 359 g/mol. The van der Waals surface area contributed by atoms with Gasteiger partial charge in [-0.1, -0.05) is 25.5 Å². The highest BCUT2D eigenvalue weighted by atomic mass is 16.3. The third-order valence-electron chi connectivity index (χ3n) is 6.23. The molecule has 2 aliphatic heterocycles. The lowest BCUT2D eigenvalue weighted by atomic mass is 9.92. The number of carbonyl (C=O) groups is 1. The molecular formula is C22H34N2O2. The SMILES string of the molecule is CC[C@H]1CCCN(C2CCN(C(=O)c3ccc(C(C)(C)O)cc3)CC2)C1. The molecule has 2 aliphatic rings. The molecule has 4 heteroatoms. The van der Waals surface area contributed by atoms with Gasteiger partial charge in [0.15, 0.2) is 0 Å². The summed E-state index contributed by atoms with van der Waals surface area (Å²) >= 11 is 0. The summed E-state index contributed by atoms with van der Waals surface area (Å²) in [7, 11) is 0. The van der Waals surface area contributed by atoms with Gasteiger partial charge in [-0.2, -0.15) is 0 Å². The lowest BCUT2D eigenvalue weighted by Gasteiger charge is -2.42. The molecule has 1 N–H and O–H groups in total. The molecule has 0 aromatic heterocycles. The van der Waals surface area contributed by atoms with E-state index in [1.807, 2.05) is 29.2 Å². The molecule has 0 radical (unpaired) electrons. The van der Waals surface area contributed by atoms with Crippen molar-refractivity contribution >= 4 is 5.91 Å². The van der Waals surface area contributed by atoms with Crippen LogP contribution in [0.1, 0.15) is 68.8 Å². The molecule has 4 nitrogen and oxygen atoms in total. The van der Waals surface area contributed by atoms with E-state index in [2.05, 4.69) is 11.8 Å². The Labute approximate surface area is 158 Å². The molecule has 3 rings (SSSR count). The maximum absolute atomic E-state index is 12.8. The average Bonchev–Trinajstić information content (AvgIpc) is 2.67. The van der Waals surface area contributed by atoms with E-state index in [-0.39, 0.29) is 5.91 Å². The Bertz CT molecular complexity index is 598. The van der Waals surface area contributed by atoms with Gasteiger partial charge >= 0.3 is 0 Å². The predicted octanol–water partition coefficient (Wildman–Crippen LogP) is 3.64. The van der Waals surface area contributed by atoms with Crippen LogP contribution in [-0.4, -0.2) is 53.0 Å². The first kappa shape index (κ1) is 19.4. The molecule has 0 unspecified atom stereocenters. The first-order chi connectivity index (χ1) is 12.4. The molecule has 1 aromatic rings.